The number of carbonyl (C=O) groups is 1. The van der Waals surface area contributed by atoms with Crippen LogP contribution < -0.4 is 4.90 Å². The minimum Gasteiger partial charge on any atom is -0.347 e. The summed E-state index contributed by atoms with van der Waals surface area (Å²) in [6.45, 7) is 0.689. The van der Waals surface area contributed by atoms with E-state index in [9.17, 15) is 4.79 Å². The van der Waals surface area contributed by atoms with Gasteiger partial charge in [0.15, 0.2) is 0 Å². The molecule has 0 N–H and O–H groups in total. The zero-order valence-electron chi connectivity index (χ0n) is 17.4. The number of halogens is 1. The molecule has 1 atom stereocenters. The highest BCUT2D eigenvalue weighted by molar-refractivity contribution is 6.30. The Balaban J connectivity index is 1.81. The number of aryl methyl sites for hydroxylation is 1. The number of piperidine rings is 1. The molecule has 1 amide bonds. The molecule has 1 saturated heterocycles. The largest absolute Gasteiger partial charge is 0.347 e. The van der Waals surface area contributed by atoms with Gasteiger partial charge in [0, 0.05) is 50.7 Å². The van der Waals surface area contributed by atoms with Crippen LogP contribution in [0.3, 0.4) is 0 Å². The molecule has 0 aliphatic carbocycles. The van der Waals surface area contributed by atoms with Gasteiger partial charge in [0.1, 0.15) is 0 Å². The molecule has 0 saturated carbocycles. The lowest BCUT2D eigenvalue weighted by Crippen LogP contribution is -2.39. The Bertz CT molecular complexity index is 1060. The van der Waals surface area contributed by atoms with Crippen molar-refractivity contribution in [2.75, 3.05) is 25.5 Å². The quantitative estimate of drug-likeness (QED) is 0.634. The van der Waals surface area contributed by atoms with Gasteiger partial charge in [-0.25, -0.2) is 9.97 Å². The average molecular weight is 425 g/mol. The van der Waals surface area contributed by atoms with E-state index in [1.165, 1.54) is 0 Å². The van der Waals surface area contributed by atoms with Crippen molar-refractivity contribution in [2.45, 2.75) is 25.3 Å². The zero-order valence-corrected chi connectivity index (χ0v) is 18.2. The van der Waals surface area contributed by atoms with Crippen molar-refractivity contribution in [3.8, 4) is 11.1 Å². The normalized spacial score (nSPS) is 16.5. The summed E-state index contributed by atoms with van der Waals surface area (Å²) in [7, 11) is 5.64. The number of anilines is 1. The molecule has 0 spiro atoms. The van der Waals surface area contributed by atoms with E-state index in [-0.39, 0.29) is 11.9 Å². The summed E-state index contributed by atoms with van der Waals surface area (Å²) in [5.74, 6) is 0.602. The van der Waals surface area contributed by atoms with Crippen LogP contribution in [0.4, 0.5) is 5.95 Å². The van der Waals surface area contributed by atoms with E-state index >= 15 is 0 Å². The molecule has 1 fully saturated rings. The predicted octanol–water partition coefficient (Wildman–Crippen LogP) is 3.96. The number of hydrogen-bond donors (Lipinski definition) is 0. The fraction of sp³-hybridized carbons (Fsp3) is 0.364. The Morgan fingerprint density at radius 3 is 2.77 bits per heavy atom. The molecule has 1 aromatic carbocycles. The molecule has 0 bridgehead atoms. The maximum atomic E-state index is 13.3. The van der Waals surface area contributed by atoms with Crippen molar-refractivity contribution >= 4 is 23.5 Å². The molecule has 3 heterocycles. The van der Waals surface area contributed by atoms with Crippen LogP contribution in [-0.2, 0) is 7.05 Å². The van der Waals surface area contributed by atoms with Crippen molar-refractivity contribution in [3.05, 3.63) is 59.1 Å². The van der Waals surface area contributed by atoms with Crippen LogP contribution >= 0.6 is 11.6 Å². The van der Waals surface area contributed by atoms with Gasteiger partial charge >= 0.3 is 0 Å². The average Bonchev–Trinajstić information content (AvgIpc) is 3.19. The number of nitrogens with zero attached hydrogens (tertiary/aromatic N) is 6. The van der Waals surface area contributed by atoms with Gasteiger partial charge < -0.3 is 9.80 Å². The van der Waals surface area contributed by atoms with Crippen LogP contribution in [0.25, 0.3) is 11.1 Å². The van der Waals surface area contributed by atoms with Crippen LogP contribution in [0.2, 0.25) is 5.02 Å². The van der Waals surface area contributed by atoms with Gasteiger partial charge in [-0.15, -0.1) is 0 Å². The van der Waals surface area contributed by atoms with E-state index in [1.807, 2.05) is 61.4 Å². The number of hydrogen-bond acceptors (Lipinski definition) is 5. The highest BCUT2D eigenvalue weighted by Gasteiger charge is 2.32. The first-order valence-corrected chi connectivity index (χ1v) is 10.4. The van der Waals surface area contributed by atoms with E-state index in [0.717, 1.165) is 36.1 Å². The van der Waals surface area contributed by atoms with Gasteiger partial charge in [-0.3, -0.25) is 9.48 Å². The van der Waals surface area contributed by atoms with Crippen molar-refractivity contribution < 1.29 is 4.79 Å². The smallest absolute Gasteiger partial charge is 0.257 e. The highest BCUT2D eigenvalue weighted by atomic mass is 35.5. The van der Waals surface area contributed by atoms with Gasteiger partial charge in [-0.05, 0) is 37.0 Å². The summed E-state index contributed by atoms with van der Waals surface area (Å²) in [6, 6.07) is 7.54. The van der Waals surface area contributed by atoms with Crippen molar-refractivity contribution in [1.29, 1.82) is 0 Å². The maximum Gasteiger partial charge on any atom is 0.257 e. The van der Waals surface area contributed by atoms with Gasteiger partial charge in [0.2, 0.25) is 5.95 Å². The molecule has 3 aromatic rings. The molecule has 4 rings (SSSR count). The monoisotopic (exact) mass is 424 g/mol. The van der Waals surface area contributed by atoms with E-state index in [0.29, 0.717) is 23.1 Å². The second-order valence-corrected chi connectivity index (χ2v) is 8.22. The first-order chi connectivity index (χ1) is 14.4. The number of benzene rings is 1. The Labute approximate surface area is 181 Å². The van der Waals surface area contributed by atoms with Gasteiger partial charge in [-0.2, -0.15) is 5.10 Å². The van der Waals surface area contributed by atoms with E-state index in [1.54, 1.807) is 17.1 Å². The minimum absolute atomic E-state index is 0.0186. The molecule has 1 aliphatic heterocycles. The molecule has 8 heteroatoms. The molecule has 1 unspecified atom stereocenters. The zero-order chi connectivity index (χ0) is 21.3. The summed E-state index contributed by atoms with van der Waals surface area (Å²) in [5.41, 5.74) is 3.30. The molecular weight excluding hydrogens is 400 g/mol. The van der Waals surface area contributed by atoms with Gasteiger partial charge in [-0.1, -0.05) is 23.7 Å². The molecule has 0 radical (unpaired) electrons. The fourth-order valence-corrected chi connectivity index (χ4v) is 4.08. The van der Waals surface area contributed by atoms with E-state index in [4.69, 9.17) is 16.6 Å². The highest BCUT2D eigenvalue weighted by Crippen LogP contribution is 2.37. The van der Waals surface area contributed by atoms with Crippen LogP contribution in [0.15, 0.2) is 42.9 Å². The summed E-state index contributed by atoms with van der Waals surface area (Å²) in [5, 5.41) is 4.82. The topological polar surface area (TPSA) is 67.2 Å². The first-order valence-electron chi connectivity index (χ1n) is 10.0. The predicted molar refractivity (Wildman–Crippen MR) is 118 cm³/mol. The van der Waals surface area contributed by atoms with Crippen LogP contribution in [0, 0.1) is 0 Å². The van der Waals surface area contributed by atoms with E-state index < -0.39 is 0 Å². The van der Waals surface area contributed by atoms with Gasteiger partial charge in [0.25, 0.3) is 5.91 Å². The fourth-order valence-electron chi connectivity index (χ4n) is 3.89. The second-order valence-electron chi connectivity index (χ2n) is 7.79. The number of rotatable bonds is 4. The second kappa shape index (κ2) is 8.44. The Kier molecular flexibility index (Phi) is 5.72. The molecule has 2 aromatic heterocycles. The summed E-state index contributed by atoms with van der Waals surface area (Å²) < 4.78 is 1.65. The standard InChI is InChI=1S/C22H25ClN6O/c1-27(2)22-24-13-18(15-7-6-8-17(23)11-15)20(26-22)19-9-4-5-10-29(19)21(30)16-12-25-28(3)14-16/h6-8,11-14,19H,4-5,9-10H2,1-3H3. The number of likely N-dealkylation sites (tertiary alicyclic amines) is 1. The number of aromatic nitrogens is 4. The minimum atomic E-state index is -0.137. The Hall–Kier alpha value is -2.93. The lowest BCUT2D eigenvalue weighted by atomic mass is 9.93. The van der Waals surface area contributed by atoms with Crippen molar-refractivity contribution in [3.63, 3.8) is 0 Å². The van der Waals surface area contributed by atoms with Crippen molar-refractivity contribution in [2.24, 2.45) is 7.05 Å². The summed E-state index contributed by atoms with van der Waals surface area (Å²) >= 11 is 6.25. The van der Waals surface area contributed by atoms with Crippen molar-refractivity contribution in [1.82, 2.24) is 24.6 Å². The molecule has 1 aliphatic rings. The number of carbonyl (C=O) groups excluding carboxylic acids is 1. The summed E-state index contributed by atoms with van der Waals surface area (Å²) in [6.07, 6.45) is 8.08. The van der Waals surface area contributed by atoms with Crippen LogP contribution in [-0.4, -0.2) is 51.2 Å². The molecule has 30 heavy (non-hydrogen) atoms. The Morgan fingerprint density at radius 2 is 2.07 bits per heavy atom. The Morgan fingerprint density at radius 1 is 1.23 bits per heavy atom. The lowest BCUT2D eigenvalue weighted by molar-refractivity contribution is 0.0606. The lowest BCUT2D eigenvalue weighted by Gasteiger charge is -2.36. The molecule has 7 nitrogen and oxygen atoms in total. The maximum absolute atomic E-state index is 13.3. The summed E-state index contributed by atoms with van der Waals surface area (Å²) in [4.78, 5) is 26.5. The molecule has 156 valence electrons. The number of amides is 1. The van der Waals surface area contributed by atoms with Crippen LogP contribution in [0.5, 0.6) is 0 Å². The third-order valence-electron chi connectivity index (χ3n) is 5.37. The van der Waals surface area contributed by atoms with E-state index in [2.05, 4.69) is 10.1 Å². The molecular formula is C22H25ClN6O. The SMILES string of the molecule is CN(C)c1ncc(-c2cccc(Cl)c2)c(C2CCCCN2C(=O)c2cnn(C)c2)n1. The first kappa shape index (κ1) is 20.3. The third kappa shape index (κ3) is 4.03. The van der Waals surface area contributed by atoms with Gasteiger partial charge in [0.05, 0.1) is 23.5 Å². The van der Waals surface area contributed by atoms with Crippen LogP contribution in [0.1, 0.15) is 41.4 Å². The third-order valence-corrected chi connectivity index (χ3v) is 5.61.